The molecular weight excluding hydrogens is 340 g/mol. The van der Waals surface area contributed by atoms with Crippen molar-refractivity contribution in [2.75, 3.05) is 17.6 Å². The van der Waals surface area contributed by atoms with Crippen molar-refractivity contribution in [2.45, 2.75) is 24.7 Å². The van der Waals surface area contributed by atoms with E-state index in [0.717, 1.165) is 4.90 Å². The summed E-state index contributed by atoms with van der Waals surface area (Å²) < 4.78 is 0. The van der Waals surface area contributed by atoms with Gasteiger partial charge in [0.05, 0.1) is 11.8 Å². The fraction of sp³-hybridized carbons (Fsp3) is 0.312. The Labute approximate surface area is 149 Å². The zero-order valence-electron chi connectivity index (χ0n) is 13.7. The van der Waals surface area contributed by atoms with Gasteiger partial charge in [0.15, 0.2) is 5.82 Å². The zero-order chi connectivity index (χ0) is 18.1. The normalized spacial score (nSPS) is 10.1. The summed E-state index contributed by atoms with van der Waals surface area (Å²) in [5.74, 6) is 0.441. The van der Waals surface area contributed by atoms with Crippen LogP contribution < -0.4 is 10.6 Å². The lowest BCUT2D eigenvalue weighted by Crippen LogP contribution is -2.36. The maximum absolute atomic E-state index is 12.0. The first-order valence-corrected chi connectivity index (χ1v) is 8.64. The highest BCUT2D eigenvalue weighted by atomic mass is 32.2. The van der Waals surface area contributed by atoms with Crippen LogP contribution in [0.2, 0.25) is 0 Å². The number of anilines is 1. The topological polar surface area (TPSA) is 124 Å². The monoisotopic (exact) mass is 358 g/mol. The largest absolute Gasteiger partial charge is 0.347 e. The second-order valence-corrected chi connectivity index (χ2v) is 6.19. The summed E-state index contributed by atoms with van der Waals surface area (Å²) >= 11 is 1.45. The summed E-state index contributed by atoms with van der Waals surface area (Å²) in [6, 6.07) is 9.23. The number of aryl methyl sites for hydroxylation is 1. The van der Waals surface area contributed by atoms with Crippen molar-refractivity contribution < 1.29 is 9.59 Å². The first-order valence-electron chi connectivity index (χ1n) is 7.66. The maximum Gasteiger partial charge on any atom is 0.313 e. The molecule has 0 aliphatic heterocycles. The number of benzene rings is 1. The Morgan fingerprint density at radius 3 is 2.84 bits per heavy atom. The molecule has 0 aliphatic carbocycles. The SMILES string of the molecule is Cc1nc(CCNC(=O)C(=O)Nc2ccccc2SCCC#N)n[nH]1. The number of nitrogens with one attached hydrogen (secondary N) is 3. The van der Waals surface area contributed by atoms with Crippen molar-refractivity contribution in [3.63, 3.8) is 0 Å². The molecule has 0 radical (unpaired) electrons. The third-order valence-electron chi connectivity index (χ3n) is 3.09. The third kappa shape index (κ3) is 5.93. The van der Waals surface area contributed by atoms with Crippen LogP contribution >= 0.6 is 11.8 Å². The zero-order valence-corrected chi connectivity index (χ0v) is 14.5. The average molecular weight is 358 g/mol. The van der Waals surface area contributed by atoms with Gasteiger partial charge in [-0.1, -0.05) is 12.1 Å². The van der Waals surface area contributed by atoms with Gasteiger partial charge in [-0.2, -0.15) is 10.4 Å². The van der Waals surface area contributed by atoms with E-state index >= 15 is 0 Å². The predicted octanol–water partition coefficient (Wildman–Crippen LogP) is 1.42. The molecular formula is C16H18N6O2S. The summed E-state index contributed by atoms with van der Waals surface area (Å²) in [4.78, 5) is 28.8. The molecule has 0 bridgehead atoms. The van der Waals surface area contributed by atoms with Gasteiger partial charge in [0.1, 0.15) is 5.82 Å². The summed E-state index contributed by atoms with van der Waals surface area (Å²) in [5, 5.41) is 20.4. The van der Waals surface area contributed by atoms with Gasteiger partial charge < -0.3 is 10.6 Å². The van der Waals surface area contributed by atoms with E-state index in [-0.39, 0.29) is 6.54 Å². The van der Waals surface area contributed by atoms with Crippen molar-refractivity contribution in [1.29, 1.82) is 5.26 Å². The highest BCUT2D eigenvalue weighted by Gasteiger charge is 2.15. The van der Waals surface area contributed by atoms with Crippen LogP contribution in [0.1, 0.15) is 18.1 Å². The van der Waals surface area contributed by atoms with Crippen LogP contribution in [0.25, 0.3) is 0 Å². The number of carbonyl (C=O) groups excluding carboxylic acids is 2. The van der Waals surface area contributed by atoms with E-state index < -0.39 is 11.8 Å². The number of nitriles is 1. The van der Waals surface area contributed by atoms with Gasteiger partial charge in [0.2, 0.25) is 0 Å². The molecule has 0 atom stereocenters. The Kier molecular flexibility index (Phi) is 6.98. The molecule has 1 aromatic carbocycles. The minimum atomic E-state index is -0.737. The summed E-state index contributed by atoms with van der Waals surface area (Å²) in [7, 11) is 0. The Balaban J connectivity index is 1.84. The molecule has 25 heavy (non-hydrogen) atoms. The van der Waals surface area contributed by atoms with E-state index in [1.165, 1.54) is 11.8 Å². The van der Waals surface area contributed by atoms with E-state index in [4.69, 9.17) is 5.26 Å². The van der Waals surface area contributed by atoms with Crippen molar-refractivity contribution in [2.24, 2.45) is 0 Å². The Morgan fingerprint density at radius 2 is 2.12 bits per heavy atom. The number of aromatic nitrogens is 3. The molecule has 0 saturated carbocycles. The molecule has 9 heteroatoms. The Morgan fingerprint density at radius 1 is 1.32 bits per heavy atom. The Hall–Kier alpha value is -2.86. The van der Waals surface area contributed by atoms with Crippen LogP contribution in [0.4, 0.5) is 5.69 Å². The highest BCUT2D eigenvalue weighted by molar-refractivity contribution is 7.99. The van der Waals surface area contributed by atoms with Gasteiger partial charge in [0.25, 0.3) is 0 Å². The molecule has 1 aromatic heterocycles. The third-order valence-corrected chi connectivity index (χ3v) is 4.17. The number of hydrogen-bond donors (Lipinski definition) is 3. The van der Waals surface area contributed by atoms with Crippen LogP contribution in [0, 0.1) is 18.3 Å². The van der Waals surface area contributed by atoms with Crippen molar-refractivity contribution >= 4 is 29.3 Å². The first kappa shape index (κ1) is 18.5. The molecule has 2 amide bonds. The standard InChI is InChI=1S/C16H18N6O2S/c1-11-19-14(22-21-11)7-9-18-15(23)16(24)20-12-5-2-3-6-13(12)25-10-4-8-17/h2-3,5-6H,4,7,9-10H2,1H3,(H,18,23)(H,20,24)(H,19,21,22). The van der Waals surface area contributed by atoms with Crippen LogP contribution in [0.15, 0.2) is 29.2 Å². The number of aromatic amines is 1. The van der Waals surface area contributed by atoms with Crippen LogP contribution in [-0.4, -0.2) is 39.3 Å². The molecule has 8 nitrogen and oxygen atoms in total. The quantitative estimate of drug-likeness (QED) is 0.391. The number of amides is 2. The van der Waals surface area contributed by atoms with Crippen molar-refractivity contribution in [1.82, 2.24) is 20.5 Å². The van der Waals surface area contributed by atoms with E-state index in [0.29, 0.717) is 35.9 Å². The molecule has 2 aromatic rings. The molecule has 130 valence electrons. The van der Waals surface area contributed by atoms with Crippen LogP contribution in [0.3, 0.4) is 0 Å². The lowest BCUT2D eigenvalue weighted by molar-refractivity contribution is -0.136. The molecule has 0 unspecified atom stereocenters. The molecule has 0 aliphatic rings. The molecule has 0 spiro atoms. The summed E-state index contributed by atoms with van der Waals surface area (Å²) in [6.45, 7) is 2.05. The van der Waals surface area contributed by atoms with Crippen molar-refractivity contribution in [3.8, 4) is 6.07 Å². The van der Waals surface area contributed by atoms with Gasteiger partial charge >= 0.3 is 11.8 Å². The summed E-state index contributed by atoms with van der Waals surface area (Å²) in [5.41, 5.74) is 0.551. The van der Waals surface area contributed by atoms with Gasteiger partial charge in [-0.05, 0) is 19.1 Å². The summed E-state index contributed by atoms with van der Waals surface area (Å²) in [6.07, 6.45) is 0.845. The minimum Gasteiger partial charge on any atom is -0.347 e. The second-order valence-electron chi connectivity index (χ2n) is 5.05. The average Bonchev–Trinajstić information content (AvgIpc) is 3.01. The van der Waals surface area contributed by atoms with Crippen molar-refractivity contribution in [3.05, 3.63) is 35.9 Å². The molecule has 0 fully saturated rings. The second kappa shape index (κ2) is 9.44. The lowest BCUT2D eigenvalue weighted by atomic mass is 10.3. The number of thioether (sulfide) groups is 1. The molecule has 0 saturated heterocycles. The number of nitrogens with zero attached hydrogens (tertiary/aromatic N) is 3. The minimum absolute atomic E-state index is 0.266. The number of H-pyrrole nitrogens is 1. The molecule has 2 rings (SSSR count). The maximum atomic E-state index is 12.0. The van der Waals surface area contributed by atoms with E-state index in [1.54, 1.807) is 19.1 Å². The fourth-order valence-corrected chi connectivity index (χ4v) is 2.81. The van der Waals surface area contributed by atoms with Crippen LogP contribution in [0.5, 0.6) is 0 Å². The number of carbonyl (C=O) groups is 2. The Bertz CT molecular complexity index is 783. The van der Waals surface area contributed by atoms with Crippen LogP contribution in [-0.2, 0) is 16.0 Å². The lowest BCUT2D eigenvalue weighted by Gasteiger charge is -2.10. The first-order chi connectivity index (χ1) is 12.1. The fourth-order valence-electron chi connectivity index (χ4n) is 1.95. The number of hydrogen-bond acceptors (Lipinski definition) is 6. The van der Waals surface area contributed by atoms with E-state index in [1.807, 2.05) is 12.1 Å². The number of rotatable bonds is 7. The van der Waals surface area contributed by atoms with Gasteiger partial charge in [-0.25, -0.2) is 4.98 Å². The van der Waals surface area contributed by atoms with Gasteiger partial charge in [0, 0.05) is 30.0 Å². The van der Waals surface area contributed by atoms with E-state index in [9.17, 15) is 9.59 Å². The molecule has 1 heterocycles. The van der Waals surface area contributed by atoms with Gasteiger partial charge in [-0.15, -0.1) is 11.8 Å². The highest BCUT2D eigenvalue weighted by Crippen LogP contribution is 2.27. The van der Waals surface area contributed by atoms with E-state index in [2.05, 4.69) is 31.9 Å². The number of para-hydroxylation sites is 1. The predicted molar refractivity (Wildman–Crippen MR) is 93.9 cm³/mol. The van der Waals surface area contributed by atoms with Gasteiger partial charge in [-0.3, -0.25) is 14.7 Å². The smallest absolute Gasteiger partial charge is 0.313 e. The molecule has 3 N–H and O–H groups in total.